The third kappa shape index (κ3) is 7.46. The minimum atomic E-state index is -3.22. The van der Waals surface area contributed by atoms with E-state index in [1.165, 1.54) is 18.2 Å². The van der Waals surface area contributed by atoms with E-state index < -0.39 is 24.6 Å². The van der Waals surface area contributed by atoms with Crippen LogP contribution in [0.5, 0.6) is 0 Å². The highest BCUT2D eigenvalue weighted by atomic mass is 19.3. The van der Waals surface area contributed by atoms with Crippen molar-refractivity contribution in [2.45, 2.75) is 51.1 Å². The van der Waals surface area contributed by atoms with Crippen LogP contribution in [0.2, 0.25) is 0 Å². The van der Waals surface area contributed by atoms with Gasteiger partial charge in [0.2, 0.25) is 0 Å². The Balaban J connectivity index is 2.07. The van der Waals surface area contributed by atoms with Crippen molar-refractivity contribution in [2.75, 3.05) is 13.2 Å². The summed E-state index contributed by atoms with van der Waals surface area (Å²) >= 11 is 0. The van der Waals surface area contributed by atoms with Crippen LogP contribution in [0.3, 0.4) is 0 Å². The molecule has 0 aromatic heterocycles. The molecule has 0 saturated heterocycles. The van der Waals surface area contributed by atoms with Crippen molar-refractivity contribution in [1.29, 1.82) is 0 Å². The Kier molecular flexibility index (Phi) is 9.32. The van der Waals surface area contributed by atoms with E-state index in [-0.39, 0.29) is 30.2 Å². The molecule has 1 fully saturated rings. The molecule has 1 heterocycles. The average Bonchev–Trinajstić information content (AvgIpc) is 2.98. The Morgan fingerprint density at radius 3 is 3.00 bits per heavy atom. The van der Waals surface area contributed by atoms with Gasteiger partial charge in [-0.2, -0.15) is 8.78 Å². The first kappa shape index (κ1) is 23.9. The van der Waals surface area contributed by atoms with Gasteiger partial charge in [0.1, 0.15) is 5.76 Å². The molecule has 4 atom stereocenters. The number of aliphatic hydroxyl groups excluding tert-OH is 1. The number of halogens is 2. The summed E-state index contributed by atoms with van der Waals surface area (Å²) in [6.45, 7) is 1.09. The van der Waals surface area contributed by atoms with E-state index in [2.05, 4.69) is 5.92 Å². The van der Waals surface area contributed by atoms with Crippen LogP contribution in [0.1, 0.15) is 39.0 Å². The molecule has 0 spiro atoms. The third-order valence-electron chi connectivity index (χ3n) is 5.42. The monoisotopic (exact) mass is 420 g/mol. The van der Waals surface area contributed by atoms with Gasteiger partial charge < -0.3 is 14.6 Å². The molecular weight excluding hydrogens is 390 g/mol. The Labute approximate surface area is 177 Å². The molecule has 2 aliphatic rings. The second-order valence-corrected chi connectivity index (χ2v) is 7.71. The molecular formula is C24H30F2O4. The number of alkyl halides is 2. The first-order valence-electron chi connectivity index (χ1n) is 10.3. The van der Waals surface area contributed by atoms with Gasteiger partial charge in [0.25, 0.3) is 5.92 Å². The fourth-order valence-electron chi connectivity index (χ4n) is 3.93. The fourth-order valence-corrected chi connectivity index (χ4v) is 3.93. The number of hydrogen-bond donors (Lipinski definition) is 1. The summed E-state index contributed by atoms with van der Waals surface area (Å²) < 4.78 is 39.2. The topological polar surface area (TPSA) is 55.8 Å². The zero-order chi connectivity index (χ0) is 22.0. The molecule has 0 unspecified atom stereocenters. The second kappa shape index (κ2) is 11.7. The standard InChI is InChI=1S/C24H30F2O4/c1-3-9-19(10-4-2)30-17-24(25,26)14-13-21-20-11-7-5-6-8-12-23(28)29-16-18(20)15-22(21)27/h1,4-5,7,9-10,13-14,18,20-22,27H,6,8,11-12,15-17H2,2H3/b7-5-,10-4-,14-13+,19-9+/t18-,20+,21-,22-/m1/s1. The number of carbonyl (C=O) groups excluding carboxylic acids is 1. The average molecular weight is 420 g/mol. The van der Waals surface area contributed by atoms with E-state index in [1.807, 2.05) is 12.2 Å². The van der Waals surface area contributed by atoms with Crippen LogP contribution < -0.4 is 0 Å². The predicted molar refractivity (Wildman–Crippen MR) is 111 cm³/mol. The van der Waals surface area contributed by atoms with E-state index >= 15 is 0 Å². The minimum absolute atomic E-state index is 0.0638. The number of rotatable bonds is 6. The Morgan fingerprint density at radius 1 is 1.47 bits per heavy atom. The van der Waals surface area contributed by atoms with Crippen LogP contribution in [0.15, 0.2) is 48.3 Å². The van der Waals surface area contributed by atoms with Crippen molar-refractivity contribution in [3.8, 4) is 12.3 Å². The molecule has 1 aliphatic carbocycles. The normalized spacial score (nSPS) is 29.8. The largest absolute Gasteiger partial charge is 0.486 e. The van der Waals surface area contributed by atoms with Crippen LogP contribution in [0, 0.1) is 30.1 Å². The maximum Gasteiger partial charge on any atom is 0.305 e. The third-order valence-corrected chi connectivity index (χ3v) is 5.42. The summed E-state index contributed by atoms with van der Waals surface area (Å²) in [5, 5.41) is 10.5. The molecule has 0 aromatic carbocycles. The number of esters is 1. The van der Waals surface area contributed by atoms with E-state index in [4.69, 9.17) is 15.9 Å². The minimum Gasteiger partial charge on any atom is -0.486 e. The van der Waals surface area contributed by atoms with Crippen molar-refractivity contribution in [3.05, 3.63) is 48.3 Å². The number of hydrogen-bond acceptors (Lipinski definition) is 4. The van der Waals surface area contributed by atoms with E-state index in [0.717, 1.165) is 18.9 Å². The Hall–Kier alpha value is -2.39. The summed E-state index contributed by atoms with van der Waals surface area (Å²) in [4.78, 5) is 11.8. The van der Waals surface area contributed by atoms with Crippen LogP contribution in [-0.2, 0) is 14.3 Å². The fraction of sp³-hybridized carbons (Fsp3) is 0.542. The highest BCUT2D eigenvalue weighted by Crippen LogP contribution is 2.41. The number of cyclic esters (lactones) is 1. The molecule has 4 nitrogen and oxygen atoms in total. The van der Waals surface area contributed by atoms with Crippen LogP contribution in [-0.4, -0.2) is 36.3 Å². The van der Waals surface area contributed by atoms with Gasteiger partial charge in [-0.25, -0.2) is 0 Å². The molecule has 0 bridgehead atoms. The zero-order valence-corrected chi connectivity index (χ0v) is 17.3. The summed E-state index contributed by atoms with van der Waals surface area (Å²) in [5.74, 6) is -1.61. The van der Waals surface area contributed by atoms with Crippen molar-refractivity contribution in [1.82, 2.24) is 0 Å². The molecule has 6 heteroatoms. The van der Waals surface area contributed by atoms with Crippen molar-refractivity contribution < 1.29 is 28.2 Å². The molecule has 1 saturated carbocycles. The van der Waals surface area contributed by atoms with E-state index in [1.54, 1.807) is 13.0 Å². The maximum atomic E-state index is 14.4. The number of fused-ring (bicyclic) bond motifs is 1. The van der Waals surface area contributed by atoms with Gasteiger partial charge in [-0.15, -0.1) is 6.42 Å². The molecule has 1 aliphatic heterocycles. The van der Waals surface area contributed by atoms with Gasteiger partial charge >= 0.3 is 5.97 Å². The van der Waals surface area contributed by atoms with Crippen LogP contribution in [0.4, 0.5) is 8.78 Å². The van der Waals surface area contributed by atoms with Crippen LogP contribution >= 0.6 is 0 Å². The number of terminal acetylenes is 1. The first-order chi connectivity index (χ1) is 14.4. The van der Waals surface area contributed by atoms with Crippen molar-refractivity contribution in [3.63, 3.8) is 0 Å². The van der Waals surface area contributed by atoms with Crippen LogP contribution in [0.25, 0.3) is 0 Å². The number of aliphatic hydroxyl groups is 1. The summed E-state index contributed by atoms with van der Waals surface area (Å²) in [6.07, 6.45) is 18.0. The van der Waals surface area contributed by atoms with Crippen molar-refractivity contribution in [2.24, 2.45) is 17.8 Å². The summed E-state index contributed by atoms with van der Waals surface area (Å²) in [5.41, 5.74) is 0. The predicted octanol–water partition coefficient (Wildman–Crippen LogP) is 4.57. The highest BCUT2D eigenvalue weighted by Gasteiger charge is 2.41. The number of carbonyl (C=O) groups is 1. The summed E-state index contributed by atoms with van der Waals surface area (Å²) in [7, 11) is 0. The molecule has 0 aromatic rings. The van der Waals surface area contributed by atoms with Gasteiger partial charge in [-0.1, -0.05) is 30.2 Å². The lowest BCUT2D eigenvalue weighted by atomic mass is 9.85. The van der Waals surface area contributed by atoms with Crippen molar-refractivity contribution >= 4 is 5.97 Å². The molecule has 30 heavy (non-hydrogen) atoms. The molecule has 0 amide bonds. The molecule has 2 rings (SSSR count). The first-order valence-corrected chi connectivity index (χ1v) is 10.3. The number of allylic oxidation sites excluding steroid dienone is 5. The van der Waals surface area contributed by atoms with Gasteiger partial charge in [-0.3, -0.25) is 4.79 Å². The van der Waals surface area contributed by atoms with E-state index in [0.29, 0.717) is 19.3 Å². The highest BCUT2D eigenvalue weighted by molar-refractivity contribution is 5.69. The number of ether oxygens (including phenoxy) is 2. The van der Waals surface area contributed by atoms with E-state index in [9.17, 15) is 18.7 Å². The van der Waals surface area contributed by atoms with Gasteiger partial charge in [0, 0.05) is 18.4 Å². The van der Waals surface area contributed by atoms with Gasteiger partial charge in [0.05, 0.1) is 12.7 Å². The maximum absolute atomic E-state index is 14.4. The summed E-state index contributed by atoms with van der Waals surface area (Å²) in [6, 6.07) is 0. The van der Waals surface area contributed by atoms with Gasteiger partial charge in [0.15, 0.2) is 6.61 Å². The lowest BCUT2D eigenvalue weighted by Gasteiger charge is -2.23. The Morgan fingerprint density at radius 2 is 2.27 bits per heavy atom. The second-order valence-electron chi connectivity index (χ2n) is 7.71. The Bertz CT molecular complexity index is 730. The molecule has 1 N–H and O–H groups in total. The smallest absolute Gasteiger partial charge is 0.305 e. The lowest BCUT2D eigenvalue weighted by molar-refractivity contribution is -0.145. The molecule has 164 valence electrons. The lowest BCUT2D eigenvalue weighted by Crippen LogP contribution is -2.24. The zero-order valence-electron chi connectivity index (χ0n) is 17.3. The quantitative estimate of drug-likeness (QED) is 0.225. The SMILES string of the molecule is C#C/C=C(\C=C/C)OCC(F)(F)/C=C/[C@@H]1[C@H]2C/C=C\CCCC(=O)OC[C@H]2C[C@H]1O. The molecule has 0 radical (unpaired) electrons. The van der Waals surface area contributed by atoms with Gasteiger partial charge in [-0.05, 0) is 56.6 Å².